The van der Waals surface area contributed by atoms with E-state index in [0.717, 1.165) is 18.4 Å². The highest BCUT2D eigenvalue weighted by Gasteiger charge is 2.25. The number of anilines is 1. The number of benzene rings is 1. The summed E-state index contributed by atoms with van der Waals surface area (Å²) >= 11 is 0. The van der Waals surface area contributed by atoms with Gasteiger partial charge >= 0.3 is 0 Å². The van der Waals surface area contributed by atoms with Crippen LogP contribution >= 0.6 is 0 Å². The molecule has 100 valence electrons. The second-order valence-electron chi connectivity index (χ2n) is 5.17. The van der Waals surface area contributed by atoms with E-state index in [1.807, 2.05) is 0 Å². The van der Waals surface area contributed by atoms with E-state index in [-0.39, 0.29) is 11.9 Å². The van der Waals surface area contributed by atoms with Crippen LogP contribution < -0.4 is 17.0 Å². The molecule has 0 saturated heterocycles. The van der Waals surface area contributed by atoms with Gasteiger partial charge in [0.2, 0.25) is 0 Å². The molecular formula is C14H22FN3. The van der Waals surface area contributed by atoms with Gasteiger partial charge in [-0.1, -0.05) is 25.7 Å². The molecule has 1 aliphatic rings. The summed E-state index contributed by atoms with van der Waals surface area (Å²) in [5.41, 5.74) is 10.2. The Bertz CT molecular complexity index is 387. The number of rotatable bonds is 3. The average Bonchev–Trinajstić information content (AvgIpc) is 2.64. The van der Waals surface area contributed by atoms with Crippen molar-refractivity contribution >= 4 is 5.69 Å². The van der Waals surface area contributed by atoms with E-state index in [1.54, 1.807) is 6.07 Å². The van der Waals surface area contributed by atoms with Gasteiger partial charge in [-0.05, 0) is 42.5 Å². The first kappa shape index (κ1) is 13.3. The molecule has 1 aromatic carbocycles. The zero-order valence-electron chi connectivity index (χ0n) is 10.7. The quantitative estimate of drug-likeness (QED) is 0.335. The van der Waals surface area contributed by atoms with E-state index >= 15 is 0 Å². The van der Waals surface area contributed by atoms with Crippen LogP contribution in [-0.2, 0) is 0 Å². The minimum atomic E-state index is -0.256. The maximum Gasteiger partial charge on any atom is 0.123 e. The molecule has 0 amide bonds. The van der Waals surface area contributed by atoms with Gasteiger partial charge < -0.3 is 5.73 Å². The van der Waals surface area contributed by atoms with Gasteiger partial charge in [-0.2, -0.15) is 0 Å². The molecule has 0 bridgehead atoms. The van der Waals surface area contributed by atoms with E-state index in [2.05, 4.69) is 5.43 Å². The number of nitrogen functional groups attached to an aromatic ring is 1. The Balaban J connectivity index is 2.23. The lowest BCUT2D eigenvalue weighted by atomic mass is 9.87. The van der Waals surface area contributed by atoms with Crippen LogP contribution in [0.4, 0.5) is 10.1 Å². The van der Waals surface area contributed by atoms with Gasteiger partial charge in [0.05, 0.1) is 6.04 Å². The van der Waals surface area contributed by atoms with Crippen LogP contribution in [0.1, 0.15) is 50.1 Å². The van der Waals surface area contributed by atoms with Crippen molar-refractivity contribution in [1.82, 2.24) is 5.43 Å². The Morgan fingerprint density at radius 3 is 2.44 bits per heavy atom. The van der Waals surface area contributed by atoms with Gasteiger partial charge in [0.25, 0.3) is 0 Å². The molecule has 0 radical (unpaired) electrons. The van der Waals surface area contributed by atoms with Crippen LogP contribution in [0, 0.1) is 11.7 Å². The van der Waals surface area contributed by atoms with E-state index in [4.69, 9.17) is 11.6 Å². The summed E-state index contributed by atoms with van der Waals surface area (Å²) in [7, 11) is 0. The average molecular weight is 251 g/mol. The van der Waals surface area contributed by atoms with Crippen LogP contribution in [-0.4, -0.2) is 0 Å². The smallest absolute Gasteiger partial charge is 0.123 e. The molecule has 1 fully saturated rings. The summed E-state index contributed by atoms with van der Waals surface area (Å²) in [6.45, 7) is 0. The third-order valence-corrected chi connectivity index (χ3v) is 3.93. The lowest BCUT2D eigenvalue weighted by Gasteiger charge is -2.27. The first-order valence-corrected chi connectivity index (χ1v) is 6.73. The third-order valence-electron chi connectivity index (χ3n) is 3.93. The normalized spacial score (nSPS) is 19.4. The topological polar surface area (TPSA) is 64.1 Å². The zero-order chi connectivity index (χ0) is 13.0. The second-order valence-corrected chi connectivity index (χ2v) is 5.17. The molecule has 0 aromatic heterocycles. The molecule has 18 heavy (non-hydrogen) atoms. The maximum absolute atomic E-state index is 13.4. The lowest BCUT2D eigenvalue weighted by molar-refractivity contribution is 0.329. The predicted octanol–water partition coefficient (Wildman–Crippen LogP) is 2.88. The minimum Gasteiger partial charge on any atom is -0.398 e. The number of nitrogens with one attached hydrogen (secondary N) is 1. The Kier molecular flexibility index (Phi) is 4.55. The Hall–Kier alpha value is -1.13. The first-order chi connectivity index (χ1) is 8.72. The molecule has 0 heterocycles. The van der Waals surface area contributed by atoms with Gasteiger partial charge in [-0.15, -0.1) is 0 Å². The van der Waals surface area contributed by atoms with Crippen LogP contribution in [0.25, 0.3) is 0 Å². The summed E-state index contributed by atoms with van der Waals surface area (Å²) < 4.78 is 13.4. The van der Waals surface area contributed by atoms with Crippen molar-refractivity contribution in [3.05, 3.63) is 29.6 Å². The van der Waals surface area contributed by atoms with Crippen LogP contribution in [0.2, 0.25) is 0 Å². The van der Waals surface area contributed by atoms with Gasteiger partial charge in [0.1, 0.15) is 5.82 Å². The van der Waals surface area contributed by atoms with Crippen molar-refractivity contribution in [2.24, 2.45) is 11.8 Å². The van der Waals surface area contributed by atoms with Gasteiger partial charge in [-0.3, -0.25) is 11.3 Å². The molecule has 0 spiro atoms. The van der Waals surface area contributed by atoms with Crippen LogP contribution in [0.5, 0.6) is 0 Å². The molecule has 5 N–H and O–H groups in total. The fourth-order valence-electron chi connectivity index (χ4n) is 2.94. The molecule has 1 aromatic rings. The van der Waals surface area contributed by atoms with Crippen LogP contribution in [0.3, 0.4) is 0 Å². The van der Waals surface area contributed by atoms with E-state index < -0.39 is 0 Å². The minimum absolute atomic E-state index is 0.0428. The first-order valence-electron chi connectivity index (χ1n) is 6.73. The van der Waals surface area contributed by atoms with Crippen molar-refractivity contribution in [2.75, 3.05) is 5.73 Å². The van der Waals surface area contributed by atoms with Gasteiger partial charge in [0.15, 0.2) is 0 Å². The number of hydrogen-bond donors (Lipinski definition) is 3. The number of hydrazine groups is 1. The van der Waals surface area contributed by atoms with Gasteiger partial charge in [0, 0.05) is 5.69 Å². The fourth-order valence-corrected chi connectivity index (χ4v) is 2.94. The predicted molar refractivity (Wildman–Crippen MR) is 72.1 cm³/mol. The van der Waals surface area contributed by atoms with Crippen molar-refractivity contribution in [3.63, 3.8) is 0 Å². The molecule has 1 atom stereocenters. The Morgan fingerprint density at radius 1 is 1.17 bits per heavy atom. The van der Waals surface area contributed by atoms with Crippen molar-refractivity contribution in [3.8, 4) is 0 Å². The van der Waals surface area contributed by atoms with Gasteiger partial charge in [-0.25, -0.2) is 4.39 Å². The molecule has 3 nitrogen and oxygen atoms in total. The molecule has 1 aliphatic carbocycles. The molecular weight excluding hydrogens is 229 g/mol. The van der Waals surface area contributed by atoms with E-state index in [0.29, 0.717) is 11.6 Å². The largest absolute Gasteiger partial charge is 0.398 e. The number of hydrogen-bond acceptors (Lipinski definition) is 3. The molecule has 2 rings (SSSR count). The molecule has 0 aliphatic heterocycles. The summed E-state index contributed by atoms with van der Waals surface area (Å²) in [6, 6.07) is 4.47. The summed E-state index contributed by atoms with van der Waals surface area (Å²) in [5, 5.41) is 0. The molecule has 4 heteroatoms. The summed E-state index contributed by atoms with van der Waals surface area (Å²) in [4.78, 5) is 0. The Morgan fingerprint density at radius 2 is 1.83 bits per heavy atom. The third kappa shape index (κ3) is 3.00. The van der Waals surface area contributed by atoms with Crippen molar-refractivity contribution < 1.29 is 4.39 Å². The molecule has 1 unspecified atom stereocenters. The summed E-state index contributed by atoms with van der Waals surface area (Å²) in [6.07, 6.45) is 7.27. The van der Waals surface area contributed by atoms with E-state index in [9.17, 15) is 4.39 Å². The lowest BCUT2D eigenvalue weighted by Crippen LogP contribution is -2.34. The highest BCUT2D eigenvalue weighted by molar-refractivity contribution is 5.48. The zero-order valence-corrected chi connectivity index (χ0v) is 10.7. The molecule has 1 saturated carbocycles. The van der Waals surface area contributed by atoms with Crippen LogP contribution in [0.15, 0.2) is 18.2 Å². The maximum atomic E-state index is 13.4. The number of halogens is 1. The highest BCUT2D eigenvalue weighted by Crippen LogP contribution is 2.35. The fraction of sp³-hybridized carbons (Fsp3) is 0.571. The number of nitrogens with two attached hydrogens (primary N) is 2. The van der Waals surface area contributed by atoms with Crippen molar-refractivity contribution in [1.29, 1.82) is 0 Å². The Labute approximate surface area is 108 Å². The summed E-state index contributed by atoms with van der Waals surface area (Å²) in [5.74, 6) is 5.87. The monoisotopic (exact) mass is 251 g/mol. The highest BCUT2D eigenvalue weighted by atomic mass is 19.1. The SMILES string of the molecule is NNC(c1cc(F)ccc1N)C1CCCCCC1. The van der Waals surface area contributed by atoms with E-state index in [1.165, 1.54) is 37.8 Å². The standard InChI is InChI=1S/C14H22FN3/c15-11-7-8-13(16)12(9-11)14(18-17)10-5-3-1-2-4-6-10/h7-10,14,18H,1-6,16-17H2. The van der Waals surface area contributed by atoms with Crippen molar-refractivity contribution in [2.45, 2.75) is 44.6 Å². The second kappa shape index (κ2) is 6.16.